The number of nitro groups is 2. The van der Waals surface area contributed by atoms with Crippen LogP contribution in [0.4, 0.5) is 11.4 Å². The molecule has 0 saturated heterocycles. The molecule has 0 aromatic heterocycles. The zero-order valence-corrected chi connectivity index (χ0v) is 19.2. The summed E-state index contributed by atoms with van der Waals surface area (Å²) >= 11 is 3.23. The Hall–Kier alpha value is -4.17. The van der Waals surface area contributed by atoms with Crippen LogP contribution >= 0.6 is 15.9 Å². The highest BCUT2D eigenvalue weighted by atomic mass is 79.9. The summed E-state index contributed by atoms with van der Waals surface area (Å²) in [4.78, 5) is 32.4. The van der Waals surface area contributed by atoms with E-state index in [0.29, 0.717) is 4.47 Å². The minimum Gasteiger partial charge on any atom is -0.378 e. The molecule has 3 aromatic carbocycles. The molecule has 0 saturated carbocycles. The van der Waals surface area contributed by atoms with Crippen molar-refractivity contribution >= 4 is 49.5 Å². The maximum absolute atomic E-state index is 12.6. The van der Waals surface area contributed by atoms with Crippen molar-refractivity contribution in [1.29, 1.82) is 0 Å². The largest absolute Gasteiger partial charge is 0.378 e. The molecule has 174 valence electrons. The van der Waals surface area contributed by atoms with Gasteiger partial charge in [-0.2, -0.15) is 13.5 Å². The topological polar surface area (TPSA) is 171 Å². The molecule has 0 atom stereocenters. The van der Waals surface area contributed by atoms with Gasteiger partial charge in [-0.1, -0.05) is 34.1 Å². The quantitative estimate of drug-likeness (QED) is 0.191. The first kappa shape index (κ1) is 24.5. The summed E-state index contributed by atoms with van der Waals surface area (Å²) in [6, 6.07) is 13.9. The Bertz CT molecular complexity index is 1430. The highest BCUT2D eigenvalue weighted by Crippen LogP contribution is 2.27. The second-order valence-electron chi connectivity index (χ2n) is 6.45. The van der Waals surface area contributed by atoms with Crippen LogP contribution in [-0.2, 0) is 10.1 Å². The molecule has 0 spiro atoms. The molecule has 3 aromatic rings. The van der Waals surface area contributed by atoms with Gasteiger partial charge >= 0.3 is 10.1 Å². The van der Waals surface area contributed by atoms with Crippen molar-refractivity contribution in [3.63, 3.8) is 0 Å². The van der Waals surface area contributed by atoms with Crippen molar-refractivity contribution in [2.75, 3.05) is 0 Å². The number of non-ortho nitro benzene ring substituents is 1. The van der Waals surface area contributed by atoms with E-state index in [-0.39, 0.29) is 16.9 Å². The number of nitro benzene ring substituents is 2. The van der Waals surface area contributed by atoms with Gasteiger partial charge in [0.2, 0.25) is 0 Å². The SMILES string of the molecule is O=C(N/N=C\c1cc(Br)ccc1OS(=O)(=O)c1cccc([N+](=O)[O-])c1)c1ccccc1[N+](=O)[O-]. The molecule has 1 amide bonds. The summed E-state index contributed by atoms with van der Waals surface area (Å²) in [6.07, 6.45) is 1.08. The van der Waals surface area contributed by atoms with E-state index < -0.39 is 42.1 Å². The molecule has 3 rings (SSSR count). The third kappa shape index (κ3) is 5.79. The van der Waals surface area contributed by atoms with Crippen molar-refractivity contribution in [3.8, 4) is 5.75 Å². The summed E-state index contributed by atoms with van der Waals surface area (Å²) in [5.74, 6) is -1.04. The van der Waals surface area contributed by atoms with Crippen LogP contribution < -0.4 is 9.61 Å². The second kappa shape index (κ2) is 10.2. The van der Waals surface area contributed by atoms with Crippen LogP contribution in [0.2, 0.25) is 0 Å². The monoisotopic (exact) mass is 548 g/mol. The summed E-state index contributed by atoms with van der Waals surface area (Å²) < 4.78 is 31.0. The lowest BCUT2D eigenvalue weighted by atomic mass is 10.2. The van der Waals surface area contributed by atoms with Crippen molar-refractivity contribution in [2.24, 2.45) is 5.10 Å². The predicted octanol–water partition coefficient (Wildman–Crippen LogP) is 3.80. The van der Waals surface area contributed by atoms with Gasteiger partial charge in [-0.3, -0.25) is 25.0 Å². The molecule has 0 unspecified atom stereocenters. The summed E-state index contributed by atoms with van der Waals surface area (Å²) in [5, 5.41) is 25.8. The molecule has 34 heavy (non-hydrogen) atoms. The lowest BCUT2D eigenvalue weighted by Gasteiger charge is -2.10. The molecule has 1 N–H and O–H groups in total. The van der Waals surface area contributed by atoms with E-state index in [4.69, 9.17) is 4.18 Å². The Morgan fingerprint density at radius 3 is 2.44 bits per heavy atom. The van der Waals surface area contributed by atoms with Gasteiger partial charge in [0.1, 0.15) is 10.5 Å². The molecule has 0 aliphatic rings. The number of halogens is 1. The van der Waals surface area contributed by atoms with Crippen LogP contribution in [0.25, 0.3) is 0 Å². The Morgan fingerprint density at radius 2 is 1.74 bits per heavy atom. The van der Waals surface area contributed by atoms with Crippen molar-refractivity contribution in [3.05, 3.63) is 103 Å². The molecule has 12 nitrogen and oxygen atoms in total. The second-order valence-corrected chi connectivity index (χ2v) is 8.91. The molecule has 14 heteroatoms. The number of hydrogen-bond donors (Lipinski definition) is 1. The Morgan fingerprint density at radius 1 is 1.00 bits per heavy atom. The van der Waals surface area contributed by atoms with E-state index in [1.54, 1.807) is 0 Å². The van der Waals surface area contributed by atoms with Crippen molar-refractivity contribution in [2.45, 2.75) is 4.90 Å². The molecule has 0 radical (unpaired) electrons. The summed E-state index contributed by atoms with van der Waals surface area (Å²) in [5.41, 5.74) is 1.19. The molecule has 0 fully saturated rings. The molecule has 0 aliphatic carbocycles. The van der Waals surface area contributed by atoms with Crippen LogP contribution in [0.3, 0.4) is 0 Å². The number of carbonyl (C=O) groups is 1. The van der Waals surface area contributed by atoms with Crippen LogP contribution in [0.1, 0.15) is 15.9 Å². The number of hydrogen-bond acceptors (Lipinski definition) is 9. The van der Waals surface area contributed by atoms with Gasteiger partial charge in [0.05, 0.1) is 16.1 Å². The number of nitrogens with zero attached hydrogens (tertiary/aromatic N) is 3. The van der Waals surface area contributed by atoms with Gasteiger partial charge in [-0.25, -0.2) is 5.43 Å². The first-order chi connectivity index (χ1) is 16.1. The van der Waals surface area contributed by atoms with Crippen molar-refractivity contribution < 1.29 is 27.2 Å². The van der Waals surface area contributed by atoms with E-state index >= 15 is 0 Å². The Labute approximate surface area is 200 Å². The van der Waals surface area contributed by atoms with Crippen LogP contribution in [0, 0.1) is 20.2 Å². The van der Waals surface area contributed by atoms with Gasteiger partial charge in [-0.05, 0) is 30.3 Å². The molecule has 0 aliphatic heterocycles. The van der Waals surface area contributed by atoms with Crippen LogP contribution in [0.5, 0.6) is 5.75 Å². The van der Waals surface area contributed by atoms with Crippen LogP contribution in [-0.4, -0.2) is 30.4 Å². The van der Waals surface area contributed by atoms with E-state index in [1.165, 1.54) is 42.5 Å². The molecule has 0 bridgehead atoms. The lowest BCUT2D eigenvalue weighted by Crippen LogP contribution is -2.19. The number of nitrogens with one attached hydrogen (secondary N) is 1. The number of carbonyl (C=O) groups excluding carboxylic acids is 1. The van der Waals surface area contributed by atoms with Crippen LogP contribution in [0.15, 0.2) is 81.2 Å². The van der Waals surface area contributed by atoms with Crippen molar-refractivity contribution in [1.82, 2.24) is 5.43 Å². The third-order valence-corrected chi connectivity index (χ3v) is 5.93. The summed E-state index contributed by atoms with van der Waals surface area (Å²) in [6.45, 7) is 0. The zero-order chi connectivity index (χ0) is 24.9. The average molecular weight is 549 g/mol. The zero-order valence-electron chi connectivity index (χ0n) is 16.8. The maximum Gasteiger partial charge on any atom is 0.339 e. The summed E-state index contributed by atoms with van der Waals surface area (Å²) in [7, 11) is -4.45. The molecule has 0 heterocycles. The fraction of sp³-hybridized carbons (Fsp3) is 0. The highest BCUT2D eigenvalue weighted by molar-refractivity contribution is 9.10. The molecular weight excluding hydrogens is 536 g/mol. The number of rotatable bonds is 8. The molecular formula is C20H13BrN4O8S. The smallest absolute Gasteiger partial charge is 0.339 e. The standard InChI is InChI=1S/C20H13BrN4O8S/c21-14-8-9-19(33-34(31,32)16-5-3-4-15(11-16)24(27)28)13(10-14)12-22-23-20(26)17-6-1-2-7-18(17)25(29)30/h1-12H,(H,23,26)/b22-12-. The fourth-order valence-corrected chi connectivity index (χ4v) is 4.03. The Kier molecular flexibility index (Phi) is 7.33. The maximum atomic E-state index is 12.6. The van der Waals surface area contributed by atoms with E-state index in [1.807, 2.05) is 0 Å². The average Bonchev–Trinajstić information content (AvgIpc) is 2.80. The van der Waals surface area contributed by atoms with Gasteiger partial charge in [-0.15, -0.1) is 0 Å². The fourth-order valence-electron chi connectivity index (χ4n) is 2.66. The highest BCUT2D eigenvalue weighted by Gasteiger charge is 2.22. The minimum atomic E-state index is -4.45. The third-order valence-electron chi connectivity index (χ3n) is 4.20. The number of para-hydroxylation sites is 1. The number of benzene rings is 3. The predicted molar refractivity (Wildman–Crippen MR) is 123 cm³/mol. The normalized spacial score (nSPS) is 11.2. The van der Waals surface area contributed by atoms with E-state index in [0.717, 1.165) is 30.5 Å². The Balaban J connectivity index is 1.85. The number of hydrazone groups is 1. The first-order valence-corrected chi connectivity index (χ1v) is 11.3. The van der Waals surface area contributed by atoms with E-state index in [2.05, 4.69) is 26.5 Å². The first-order valence-electron chi connectivity index (χ1n) is 9.14. The number of amides is 1. The van der Waals surface area contributed by atoms with Gasteiger partial charge in [0.15, 0.2) is 5.75 Å². The van der Waals surface area contributed by atoms with Gasteiger partial charge in [0, 0.05) is 28.2 Å². The van der Waals surface area contributed by atoms with E-state index in [9.17, 15) is 33.4 Å². The van der Waals surface area contributed by atoms with Gasteiger partial charge in [0.25, 0.3) is 17.3 Å². The lowest BCUT2D eigenvalue weighted by molar-refractivity contribution is -0.385. The minimum absolute atomic E-state index is 0.117. The van der Waals surface area contributed by atoms with Gasteiger partial charge < -0.3 is 4.18 Å².